The SMILES string of the molecule is C[C@@H]1CCC[C@H](n2cnc(-c3cc(Cl)ccc3I)cc2=O)C2CC(CCN2)C2C(CNN2C)NC1. The van der Waals surface area contributed by atoms with Crippen LogP contribution >= 0.6 is 34.2 Å². The summed E-state index contributed by atoms with van der Waals surface area (Å²) in [7, 11) is 2.18. The standard InChI is InChI=1S/C26H36ClIN6O/c1-16-4-3-5-24(22-10-17(8-9-29-22)26-23(30-13-16)14-32-33(26)2)34-15-31-21(12-25(34)35)19-11-18(27)6-7-20(19)28/h6-7,11-12,15-17,22-24,26,29-30,32H,3-5,8-10,13-14H2,1-2H3/t16-,17?,22?,23?,24+,26?/m1/s1. The van der Waals surface area contributed by atoms with Crippen LogP contribution in [0.3, 0.4) is 0 Å². The minimum absolute atomic E-state index is 0.0130. The van der Waals surface area contributed by atoms with E-state index in [9.17, 15) is 4.79 Å². The van der Waals surface area contributed by atoms with Crippen LogP contribution in [0.15, 0.2) is 35.4 Å². The molecular formula is C26H36ClIN6O. The van der Waals surface area contributed by atoms with Gasteiger partial charge in [-0.15, -0.1) is 0 Å². The van der Waals surface area contributed by atoms with Gasteiger partial charge >= 0.3 is 0 Å². The van der Waals surface area contributed by atoms with Crippen LogP contribution in [-0.4, -0.2) is 59.4 Å². The Morgan fingerprint density at radius 3 is 2.80 bits per heavy atom. The van der Waals surface area contributed by atoms with Gasteiger partial charge < -0.3 is 10.6 Å². The number of aromatic nitrogens is 2. The van der Waals surface area contributed by atoms with Gasteiger partial charge in [0, 0.05) is 51.9 Å². The Bertz CT molecular complexity index is 1100. The lowest BCUT2D eigenvalue weighted by Gasteiger charge is -2.42. The van der Waals surface area contributed by atoms with E-state index < -0.39 is 0 Å². The molecule has 3 fully saturated rings. The summed E-state index contributed by atoms with van der Waals surface area (Å²) >= 11 is 8.50. The Labute approximate surface area is 226 Å². The van der Waals surface area contributed by atoms with Gasteiger partial charge in [0.15, 0.2) is 0 Å². The molecule has 35 heavy (non-hydrogen) atoms. The van der Waals surface area contributed by atoms with E-state index in [0.717, 1.165) is 60.9 Å². The molecule has 0 radical (unpaired) electrons. The van der Waals surface area contributed by atoms with Crippen molar-refractivity contribution in [2.24, 2.45) is 11.8 Å². The highest BCUT2D eigenvalue weighted by Gasteiger charge is 2.41. The second-order valence-corrected chi connectivity index (χ2v) is 12.2. The van der Waals surface area contributed by atoms with Gasteiger partial charge in [-0.1, -0.05) is 24.9 Å². The summed E-state index contributed by atoms with van der Waals surface area (Å²) in [6.07, 6.45) is 7.23. The summed E-state index contributed by atoms with van der Waals surface area (Å²) in [5.74, 6) is 1.18. The molecule has 0 aliphatic carbocycles. The van der Waals surface area contributed by atoms with Gasteiger partial charge in [-0.25, -0.2) is 9.99 Å². The largest absolute Gasteiger partial charge is 0.312 e. The lowest BCUT2D eigenvalue weighted by Crippen LogP contribution is -2.54. The zero-order valence-electron chi connectivity index (χ0n) is 20.5. The molecule has 7 nitrogen and oxygen atoms in total. The van der Waals surface area contributed by atoms with Crippen LogP contribution in [0.25, 0.3) is 11.3 Å². The van der Waals surface area contributed by atoms with E-state index >= 15 is 0 Å². The first-order valence-electron chi connectivity index (χ1n) is 12.9. The maximum atomic E-state index is 13.5. The van der Waals surface area contributed by atoms with Crippen molar-refractivity contribution in [3.63, 3.8) is 0 Å². The quantitative estimate of drug-likeness (QED) is 0.451. The molecule has 3 saturated heterocycles. The molecule has 0 saturated carbocycles. The number of hydrazine groups is 1. The van der Waals surface area contributed by atoms with Crippen LogP contribution in [0, 0.1) is 15.4 Å². The van der Waals surface area contributed by atoms with Crippen LogP contribution < -0.4 is 21.6 Å². The lowest BCUT2D eigenvalue weighted by molar-refractivity contribution is 0.108. The monoisotopic (exact) mass is 610 g/mol. The third kappa shape index (κ3) is 5.62. The molecule has 0 spiro atoms. The Kier molecular flexibility index (Phi) is 8.15. The van der Waals surface area contributed by atoms with Crippen molar-refractivity contribution in [1.82, 2.24) is 30.6 Å². The van der Waals surface area contributed by atoms with Crippen molar-refractivity contribution in [3.05, 3.63) is 49.5 Å². The predicted molar refractivity (Wildman–Crippen MR) is 150 cm³/mol. The van der Waals surface area contributed by atoms with Crippen molar-refractivity contribution in [3.8, 4) is 11.3 Å². The number of likely N-dealkylation sites (N-methyl/N-ethyl adjacent to an activating group) is 1. The van der Waals surface area contributed by atoms with Gasteiger partial charge in [-0.3, -0.25) is 14.8 Å². The second-order valence-electron chi connectivity index (χ2n) is 10.6. The molecule has 2 aromatic rings. The van der Waals surface area contributed by atoms with Gasteiger partial charge in [0.25, 0.3) is 5.56 Å². The lowest BCUT2D eigenvalue weighted by atomic mass is 9.80. The summed E-state index contributed by atoms with van der Waals surface area (Å²) in [6, 6.07) is 8.68. The Morgan fingerprint density at radius 2 is 1.97 bits per heavy atom. The molecule has 190 valence electrons. The molecule has 3 aliphatic rings. The average Bonchev–Trinajstić information content (AvgIpc) is 3.22. The van der Waals surface area contributed by atoms with Crippen molar-refractivity contribution in [1.29, 1.82) is 0 Å². The Morgan fingerprint density at radius 1 is 1.11 bits per heavy atom. The molecule has 4 unspecified atom stereocenters. The number of nitrogens with zero attached hydrogens (tertiary/aromatic N) is 3. The zero-order valence-corrected chi connectivity index (χ0v) is 23.4. The van der Waals surface area contributed by atoms with Gasteiger partial charge in [0.05, 0.1) is 18.1 Å². The van der Waals surface area contributed by atoms with Crippen LogP contribution in [-0.2, 0) is 0 Å². The van der Waals surface area contributed by atoms with E-state index in [2.05, 4.69) is 57.6 Å². The second kappa shape index (κ2) is 11.1. The number of rotatable bonds is 2. The summed E-state index contributed by atoms with van der Waals surface area (Å²) < 4.78 is 2.93. The normalized spacial score (nSPS) is 32.5. The maximum Gasteiger partial charge on any atom is 0.254 e. The van der Waals surface area contributed by atoms with Crippen molar-refractivity contribution >= 4 is 34.2 Å². The topological polar surface area (TPSA) is 74.2 Å². The third-order valence-corrected chi connectivity index (χ3v) is 9.34. The first kappa shape index (κ1) is 25.6. The molecule has 6 atom stereocenters. The number of nitrogens with one attached hydrogen (secondary N) is 3. The van der Waals surface area contributed by atoms with Crippen LogP contribution in [0.2, 0.25) is 5.02 Å². The molecular weight excluding hydrogens is 575 g/mol. The molecule has 2 bridgehead atoms. The van der Waals surface area contributed by atoms with Gasteiger partial charge in [-0.05, 0) is 91.4 Å². The maximum absolute atomic E-state index is 13.5. The molecule has 4 heterocycles. The van der Waals surface area contributed by atoms with Gasteiger partial charge in [-0.2, -0.15) is 0 Å². The third-order valence-electron chi connectivity index (χ3n) is 8.17. The van der Waals surface area contributed by atoms with E-state index in [-0.39, 0.29) is 17.6 Å². The Hall–Kier alpha value is -1.04. The summed E-state index contributed by atoms with van der Waals surface area (Å²) in [5.41, 5.74) is 5.16. The number of fused-ring (bicyclic) bond motifs is 4. The summed E-state index contributed by atoms with van der Waals surface area (Å²) in [6.45, 7) is 5.35. The fraction of sp³-hybridized carbons (Fsp3) is 0.615. The first-order valence-corrected chi connectivity index (χ1v) is 14.3. The van der Waals surface area contributed by atoms with E-state index in [0.29, 0.717) is 34.6 Å². The van der Waals surface area contributed by atoms with Crippen LogP contribution in [0.5, 0.6) is 0 Å². The van der Waals surface area contributed by atoms with E-state index in [1.807, 2.05) is 22.8 Å². The smallest absolute Gasteiger partial charge is 0.254 e. The van der Waals surface area contributed by atoms with Crippen LogP contribution in [0.4, 0.5) is 0 Å². The number of hydrogen-bond donors (Lipinski definition) is 3. The van der Waals surface area contributed by atoms with E-state index in [1.165, 1.54) is 0 Å². The minimum Gasteiger partial charge on any atom is -0.312 e. The molecule has 1 aromatic heterocycles. The van der Waals surface area contributed by atoms with Gasteiger partial charge in [0.2, 0.25) is 0 Å². The number of hydrogen-bond acceptors (Lipinski definition) is 6. The predicted octanol–water partition coefficient (Wildman–Crippen LogP) is 3.67. The highest BCUT2D eigenvalue weighted by molar-refractivity contribution is 14.1. The van der Waals surface area contributed by atoms with Crippen LogP contribution in [0.1, 0.15) is 45.1 Å². The number of piperidine rings is 1. The van der Waals surface area contributed by atoms with Crippen molar-refractivity contribution < 1.29 is 0 Å². The minimum atomic E-state index is 0.0130. The first-order chi connectivity index (χ1) is 16.9. The zero-order chi connectivity index (χ0) is 24.5. The fourth-order valence-electron chi connectivity index (χ4n) is 6.33. The molecule has 5 rings (SSSR count). The molecule has 1 aromatic carbocycles. The van der Waals surface area contributed by atoms with Crippen molar-refractivity contribution in [2.45, 2.75) is 63.2 Å². The summed E-state index contributed by atoms with van der Waals surface area (Å²) in [4.78, 5) is 18.2. The highest BCUT2D eigenvalue weighted by atomic mass is 127. The van der Waals surface area contributed by atoms with E-state index in [1.54, 1.807) is 12.4 Å². The number of benzene rings is 1. The van der Waals surface area contributed by atoms with E-state index in [4.69, 9.17) is 16.6 Å². The van der Waals surface area contributed by atoms with Gasteiger partial charge in [0.1, 0.15) is 0 Å². The molecule has 3 aliphatic heterocycles. The molecule has 0 amide bonds. The average molecular weight is 611 g/mol. The van der Waals surface area contributed by atoms with Crippen molar-refractivity contribution in [2.75, 3.05) is 26.7 Å². The fourth-order valence-corrected chi connectivity index (χ4v) is 7.11. The molecule has 9 heteroatoms. The summed E-state index contributed by atoms with van der Waals surface area (Å²) in [5, 5.41) is 10.6. The highest BCUT2D eigenvalue weighted by Crippen LogP contribution is 2.33. The molecule has 3 N–H and O–H groups in total. The Balaban J connectivity index is 1.46. The number of halogens is 2.